The molecule has 8 heteroatoms. The first kappa shape index (κ1) is 18.5. The summed E-state index contributed by atoms with van der Waals surface area (Å²) in [4.78, 5) is 24.8. The molecule has 0 atom stereocenters. The summed E-state index contributed by atoms with van der Waals surface area (Å²) in [6, 6.07) is 13.2. The number of aromatic carboxylic acids is 1. The lowest BCUT2D eigenvalue weighted by atomic mass is 10.1. The number of nitrogens with one attached hydrogen (secondary N) is 1. The zero-order valence-electron chi connectivity index (χ0n) is 15.8. The summed E-state index contributed by atoms with van der Waals surface area (Å²) in [7, 11) is 0. The lowest BCUT2D eigenvalue weighted by Gasteiger charge is -2.10. The highest BCUT2D eigenvalue weighted by molar-refractivity contribution is 6.03. The van der Waals surface area contributed by atoms with Crippen molar-refractivity contribution in [2.45, 2.75) is 20.4 Å². The van der Waals surface area contributed by atoms with Crippen LogP contribution in [-0.4, -0.2) is 30.6 Å². The summed E-state index contributed by atoms with van der Waals surface area (Å²) in [6.07, 6.45) is 0. The third kappa shape index (κ3) is 3.64. The molecule has 0 fully saturated rings. The van der Waals surface area contributed by atoms with Crippen LogP contribution in [0.1, 0.15) is 27.4 Å². The lowest BCUT2D eigenvalue weighted by Crippen LogP contribution is -2.11. The Kier molecular flexibility index (Phi) is 4.67. The van der Waals surface area contributed by atoms with Crippen molar-refractivity contribution in [2.75, 3.05) is 5.32 Å². The molecule has 146 valence electrons. The minimum absolute atomic E-state index is 0.222. The number of anilines is 1. The number of rotatable bonds is 5. The van der Waals surface area contributed by atoms with E-state index >= 15 is 0 Å². The average Bonchev–Trinajstić information content (AvgIpc) is 3.01. The zero-order chi connectivity index (χ0) is 20.5. The second-order valence-electron chi connectivity index (χ2n) is 6.65. The van der Waals surface area contributed by atoms with E-state index in [-0.39, 0.29) is 11.4 Å². The number of benzene rings is 2. The fraction of sp³-hybridized carbons (Fsp3) is 0.143. The van der Waals surface area contributed by atoms with Gasteiger partial charge in [0.1, 0.15) is 11.6 Å². The summed E-state index contributed by atoms with van der Waals surface area (Å²) in [5, 5.41) is 13.2. The van der Waals surface area contributed by atoms with Crippen molar-refractivity contribution in [3.63, 3.8) is 0 Å². The molecule has 2 aromatic heterocycles. The number of hydrogen-bond acceptors (Lipinski definition) is 5. The van der Waals surface area contributed by atoms with Crippen molar-refractivity contribution in [1.29, 1.82) is 0 Å². The highest BCUT2D eigenvalue weighted by Gasteiger charge is 2.16. The number of halogens is 1. The highest BCUT2D eigenvalue weighted by atomic mass is 19.1. The van der Waals surface area contributed by atoms with Crippen LogP contribution in [-0.2, 0) is 6.54 Å². The monoisotopic (exact) mass is 391 g/mol. The van der Waals surface area contributed by atoms with Gasteiger partial charge in [0.15, 0.2) is 0 Å². The van der Waals surface area contributed by atoms with Gasteiger partial charge in [-0.15, -0.1) is 0 Å². The van der Waals surface area contributed by atoms with Gasteiger partial charge < -0.3 is 10.4 Å². The van der Waals surface area contributed by atoms with Gasteiger partial charge >= 0.3 is 5.97 Å². The molecule has 0 unspecified atom stereocenters. The maximum absolute atomic E-state index is 13.4. The molecule has 2 N–H and O–H groups in total. The fourth-order valence-corrected chi connectivity index (χ4v) is 3.29. The quantitative estimate of drug-likeness (QED) is 0.536. The van der Waals surface area contributed by atoms with Crippen LogP contribution in [0.25, 0.3) is 16.9 Å². The Labute approximate surface area is 165 Å². The highest BCUT2D eigenvalue weighted by Crippen LogP contribution is 2.26. The molecule has 2 aromatic carbocycles. The second-order valence-corrected chi connectivity index (χ2v) is 6.65. The topological polar surface area (TPSA) is 92.9 Å². The van der Waals surface area contributed by atoms with E-state index in [1.54, 1.807) is 35.8 Å². The van der Waals surface area contributed by atoms with Crippen molar-refractivity contribution < 1.29 is 14.3 Å². The van der Waals surface area contributed by atoms with Gasteiger partial charge in [-0.2, -0.15) is 15.0 Å². The van der Waals surface area contributed by atoms with Crippen molar-refractivity contribution >= 4 is 22.8 Å². The summed E-state index contributed by atoms with van der Waals surface area (Å²) in [5.41, 5.74) is 2.48. The summed E-state index contributed by atoms with van der Waals surface area (Å²) in [5.74, 6) is -0.0495. The average molecular weight is 391 g/mol. The van der Waals surface area contributed by atoms with Gasteiger partial charge in [0.2, 0.25) is 11.9 Å². The number of carboxylic acids is 1. The predicted octanol–water partition coefficient (Wildman–Crippen LogP) is 3.88. The molecule has 0 bridgehead atoms. The third-order valence-corrected chi connectivity index (χ3v) is 4.54. The fourth-order valence-electron chi connectivity index (χ4n) is 3.29. The predicted molar refractivity (Wildman–Crippen MR) is 107 cm³/mol. The molecule has 4 rings (SSSR count). The molecular formula is C21H18FN5O2. The van der Waals surface area contributed by atoms with Crippen LogP contribution < -0.4 is 5.32 Å². The van der Waals surface area contributed by atoms with Gasteiger partial charge in [-0.1, -0.05) is 18.2 Å². The van der Waals surface area contributed by atoms with Crippen LogP contribution in [0.4, 0.5) is 10.3 Å². The first-order valence-corrected chi connectivity index (χ1v) is 8.98. The molecule has 0 aliphatic carbocycles. The van der Waals surface area contributed by atoms with E-state index in [2.05, 4.69) is 20.3 Å². The molecule has 0 saturated carbocycles. The van der Waals surface area contributed by atoms with Crippen molar-refractivity contribution in [3.8, 4) is 5.95 Å². The maximum atomic E-state index is 13.4. The molecule has 29 heavy (non-hydrogen) atoms. The standard InChI is InChI=1S/C21H18FN5O2/c1-12-9-17-16(19(28)29)7-4-8-18(17)27(12)21-25-13(2)24-20(26-21)23-11-14-5-3-6-15(22)10-14/h3-10H,11H2,1-2H3,(H,28,29)(H,23,24,25,26). The Bertz CT molecular complexity index is 1240. The maximum Gasteiger partial charge on any atom is 0.336 e. The van der Waals surface area contributed by atoms with Gasteiger partial charge in [0, 0.05) is 17.6 Å². The van der Waals surface area contributed by atoms with Crippen LogP contribution in [0.15, 0.2) is 48.5 Å². The molecule has 0 saturated heterocycles. The number of fused-ring (bicyclic) bond motifs is 1. The smallest absolute Gasteiger partial charge is 0.336 e. The largest absolute Gasteiger partial charge is 0.478 e. The summed E-state index contributed by atoms with van der Waals surface area (Å²) < 4.78 is 15.2. The lowest BCUT2D eigenvalue weighted by molar-refractivity contribution is 0.0699. The Hall–Kier alpha value is -3.81. The number of aromatic nitrogens is 4. The van der Waals surface area contributed by atoms with Crippen LogP contribution in [0.2, 0.25) is 0 Å². The van der Waals surface area contributed by atoms with Crippen LogP contribution in [0, 0.1) is 19.7 Å². The first-order valence-electron chi connectivity index (χ1n) is 8.98. The Morgan fingerprint density at radius 2 is 1.90 bits per heavy atom. The normalized spacial score (nSPS) is 11.0. The SMILES string of the molecule is Cc1nc(NCc2cccc(F)c2)nc(-n2c(C)cc3c(C(=O)O)cccc32)n1. The van der Waals surface area contributed by atoms with Gasteiger partial charge in [-0.05, 0) is 49.7 Å². The van der Waals surface area contributed by atoms with Gasteiger partial charge in [-0.25, -0.2) is 9.18 Å². The van der Waals surface area contributed by atoms with Crippen LogP contribution in [0.5, 0.6) is 0 Å². The first-order chi connectivity index (χ1) is 13.9. The molecular weight excluding hydrogens is 373 g/mol. The molecule has 0 radical (unpaired) electrons. The Balaban J connectivity index is 1.73. The number of carboxylic acid groups (broad SMARTS) is 1. The van der Waals surface area contributed by atoms with E-state index in [4.69, 9.17) is 0 Å². The van der Waals surface area contributed by atoms with E-state index < -0.39 is 5.97 Å². The molecule has 4 aromatic rings. The molecule has 0 aliphatic rings. The van der Waals surface area contributed by atoms with Crippen molar-refractivity contribution in [1.82, 2.24) is 19.5 Å². The Morgan fingerprint density at radius 3 is 2.66 bits per heavy atom. The second kappa shape index (κ2) is 7.31. The molecule has 2 heterocycles. The number of carbonyl (C=O) groups is 1. The van der Waals surface area contributed by atoms with Crippen LogP contribution in [0.3, 0.4) is 0 Å². The zero-order valence-corrected chi connectivity index (χ0v) is 15.8. The third-order valence-electron chi connectivity index (χ3n) is 4.54. The number of nitrogens with zero attached hydrogens (tertiary/aromatic N) is 4. The van der Waals surface area contributed by atoms with Crippen LogP contribution >= 0.6 is 0 Å². The minimum Gasteiger partial charge on any atom is -0.478 e. The van der Waals surface area contributed by atoms with Crippen molar-refractivity contribution in [3.05, 3.63) is 77.0 Å². The molecule has 0 spiro atoms. The van der Waals surface area contributed by atoms with Gasteiger partial charge in [0.05, 0.1) is 11.1 Å². The van der Waals surface area contributed by atoms with Gasteiger partial charge in [-0.3, -0.25) is 4.57 Å². The number of aryl methyl sites for hydroxylation is 2. The van der Waals surface area contributed by atoms with E-state index in [9.17, 15) is 14.3 Å². The van der Waals surface area contributed by atoms with E-state index in [1.807, 2.05) is 19.1 Å². The summed E-state index contributed by atoms with van der Waals surface area (Å²) in [6.45, 7) is 3.97. The summed E-state index contributed by atoms with van der Waals surface area (Å²) >= 11 is 0. The number of hydrogen-bond donors (Lipinski definition) is 2. The van der Waals surface area contributed by atoms with E-state index in [0.717, 1.165) is 11.3 Å². The van der Waals surface area contributed by atoms with E-state index in [0.29, 0.717) is 35.2 Å². The molecule has 0 aliphatic heterocycles. The Morgan fingerprint density at radius 1 is 1.10 bits per heavy atom. The minimum atomic E-state index is -0.989. The molecule has 7 nitrogen and oxygen atoms in total. The van der Waals surface area contributed by atoms with E-state index in [1.165, 1.54) is 12.1 Å². The van der Waals surface area contributed by atoms with Gasteiger partial charge in [0.25, 0.3) is 0 Å². The molecule has 0 amide bonds. The van der Waals surface area contributed by atoms with Crippen molar-refractivity contribution in [2.24, 2.45) is 0 Å².